The minimum atomic E-state index is -0.0912. The standard InChI is InChI=1S/C25H49N7O/c1-16-8-9-18(28-23(33)21-14-22(25(2,3)4)31-32(21)5)13-20(16)30-24-27-12-10-19(29-24)17-7-6-11-26-15-17/h16-22,24,26-27,29-31H,6-15H2,1-5H3,(H,28,33). The van der Waals surface area contributed by atoms with Gasteiger partial charge in [-0.1, -0.05) is 27.7 Å². The van der Waals surface area contributed by atoms with Gasteiger partial charge in [-0.05, 0) is 81.8 Å². The van der Waals surface area contributed by atoms with Crippen LogP contribution in [0, 0.1) is 17.3 Å². The molecule has 1 saturated carbocycles. The molecule has 3 saturated heterocycles. The van der Waals surface area contributed by atoms with E-state index in [1.54, 1.807) is 0 Å². The number of rotatable bonds is 5. The second kappa shape index (κ2) is 10.9. The Balaban J connectivity index is 1.28. The molecule has 0 aromatic heterocycles. The Morgan fingerprint density at radius 1 is 1.06 bits per heavy atom. The van der Waals surface area contributed by atoms with Crippen molar-refractivity contribution in [2.24, 2.45) is 17.3 Å². The summed E-state index contributed by atoms with van der Waals surface area (Å²) in [6, 6.07) is 1.46. The third-order valence-electron chi connectivity index (χ3n) is 8.65. The summed E-state index contributed by atoms with van der Waals surface area (Å²) in [5.74, 6) is 1.52. The van der Waals surface area contributed by atoms with Crippen LogP contribution in [0.25, 0.3) is 0 Å². The smallest absolute Gasteiger partial charge is 0.239 e. The maximum atomic E-state index is 13.1. The number of hydrazine groups is 1. The lowest BCUT2D eigenvalue weighted by Gasteiger charge is -2.43. The molecule has 33 heavy (non-hydrogen) atoms. The maximum absolute atomic E-state index is 13.1. The van der Waals surface area contributed by atoms with Crippen LogP contribution in [0.3, 0.4) is 0 Å². The van der Waals surface area contributed by atoms with Crippen LogP contribution in [-0.2, 0) is 4.79 Å². The lowest BCUT2D eigenvalue weighted by molar-refractivity contribution is -0.126. The quantitative estimate of drug-likeness (QED) is 0.364. The predicted octanol–water partition coefficient (Wildman–Crippen LogP) is 1.11. The fourth-order valence-electron chi connectivity index (χ4n) is 6.24. The number of likely N-dealkylation sites (N-methyl/N-ethyl adjacent to an activating group) is 1. The van der Waals surface area contributed by atoms with Crippen molar-refractivity contribution in [2.45, 2.75) is 109 Å². The highest BCUT2D eigenvalue weighted by Crippen LogP contribution is 2.30. The van der Waals surface area contributed by atoms with E-state index in [2.05, 4.69) is 59.7 Å². The Morgan fingerprint density at radius 3 is 2.58 bits per heavy atom. The third kappa shape index (κ3) is 6.47. The molecule has 0 aromatic rings. The average molecular weight is 464 g/mol. The number of hydrogen-bond donors (Lipinski definition) is 6. The van der Waals surface area contributed by atoms with Gasteiger partial charge in [-0.2, -0.15) is 0 Å². The lowest BCUT2D eigenvalue weighted by Crippen LogP contribution is -2.66. The van der Waals surface area contributed by atoms with Gasteiger partial charge in [0, 0.05) is 31.2 Å². The van der Waals surface area contributed by atoms with Gasteiger partial charge in [-0.25, -0.2) is 5.01 Å². The highest BCUT2D eigenvalue weighted by Gasteiger charge is 2.41. The molecule has 1 amide bonds. The number of nitrogens with zero attached hydrogens (tertiary/aromatic N) is 1. The van der Waals surface area contributed by atoms with Crippen molar-refractivity contribution in [1.29, 1.82) is 0 Å². The molecule has 4 rings (SSSR count). The van der Waals surface area contributed by atoms with Crippen molar-refractivity contribution in [3.63, 3.8) is 0 Å². The zero-order valence-corrected chi connectivity index (χ0v) is 21.5. The summed E-state index contributed by atoms with van der Waals surface area (Å²) in [6.07, 6.45) is 8.05. The van der Waals surface area contributed by atoms with Gasteiger partial charge in [0.2, 0.25) is 5.91 Å². The fraction of sp³-hybridized carbons (Fsp3) is 0.960. The zero-order chi connectivity index (χ0) is 23.6. The zero-order valence-electron chi connectivity index (χ0n) is 21.5. The van der Waals surface area contributed by atoms with Crippen LogP contribution in [0.15, 0.2) is 0 Å². The first-order valence-electron chi connectivity index (χ1n) is 13.5. The number of piperidine rings is 1. The molecule has 190 valence electrons. The molecular formula is C25H49N7O. The van der Waals surface area contributed by atoms with E-state index in [4.69, 9.17) is 0 Å². The SMILES string of the molecule is CC1CCC(NC(=O)C2CC(C(C)(C)C)NN2C)CC1NC1NCCC(C2CCCNC2)N1. The molecule has 0 aromatic carbocycles. The summed E-state index contributed by atoms with van der Waals surface area (Å²) in [5.41, 5.74) is 3.65. The summed E-state index contributed by atoms with van der Waals surface area (Å²) in [5, 5.41) is 20.3. The molecule has 0 radical (unpaired) electrons. The fourth-order valence-corrected chi connectivity index (χ4v) is 6.24. The Bertz CT molecular complexity index is 647. The normalized spacial score (nSPS) is 41.1. The van der Waals surface area contributed by atoms with E-state index in [1.807, 2.05) is 12.1 Å². The molecule has 8 nitrogen and oxygen atoms in total. The molecule has 4 aliphatic rings. The number of nitrogens with one attached hydrogen (secondary N) is 6. The molecule has 1 aliphatic carbocycles. The Morgan fingerprint density at radius 2 is 1.88 bits per heavy atom. The summed E-state index contributed by atoms with van der Waals surface area (Å²) in [7, 11) is 2.00. The van der Waals surface area contributed by atoms with E-state index < -0.39 is 0 Å². The van der Waals surface area contributed by atoms with Crippen LogP contribution < -0.4 is 32.0 Å². The monoisotopic (exact) mass is 463 g/mol. The molecule has 8 heteroatoms. The average Bonchev–Trinajstić information content (AvgIpc) is 3.19. The first-order valence-corrected chi connectivity index (χ1v) is 13.5. The van der Waals surface area contributed by atoms with Gasteiger partial charge < -0.3 is 10.6 Å². The van der Waals surface area contributed by atoms with Crippen LogP contribution >= 0.6 is 0 Å². The molecule has 0 spiro atoms. The molecule has 3 aliphatic heterocycles. The largest absolute Gasteiger partial charge is 0.352 e. The molecule has 6 N–H and O–H groups in total. The minimum Gasteiger partial charge on any atom is -0.352 e. The van der Waals surface area contributed by atoms with Crippen LogP contribution in [0.4, 0.5) is 0 Å². The second-order valence-electron chi connectivity index (χ2n) is 12.2. The first kappa shape index (κ1) is 25.3. The second-order valence-corrected chi connectivity index (χ2v) is 12.2. The number of hydrogen-bond acceptors (Lipinski definition) is 7. The first-order chi connectivity index (χ1) is 15.7. The van der Waals surface area contributed by atoms with Gasteiger partial charge in [0.1, 0.15) is 12.3 Å². The Labute approximate surface area is 201 Å². The van der Waals surface area contributed by atoms with E-state index in [-0.39, 0.29) is 29.7 Å². The summed E-state index contributed by atoms with van der Waals surface area (Å²) in [4.78, 5) is 13.1. The summed E-state index contributed by atoms with van der Waals surface area (Å²) < 4.78 is 0. The van der Waals surface area contributed by atoms with E-state index in [0.29, 0.717) is 24.0 Å². The molecule has 0 bridgehead atoms. The van der Waals surface area contributed by atoms with Crippen molar-refractivity contribution < 1.29 is 4.79 Å². The van der Waals surface area contributed by atoms with Gasteiger partial charge in [-0.3, -0.25) is 26.2 Å². The van der Waals surface area contributed by atoms with Gasteiger partial charge in [0.25, 0.3) is 0 Å². The summed E-state index contributed by atoms with van der Waals surface area (Å²) >= 11 is 0. The Kier molecular flexibility index (Phi) is 8.35. The van der Waals surface area contributed by atoms with Gasteiger partial charge in [0.05, 0.1) is 0 Å². The lowest BCUT2D eigenvalue weighted by atomic mass is 9.82. The van der Waals surface area contributed by atoms with E-state index in [0.717, 1.165) is 44.7 Å². The third-order valence-corrected chi connectivity index (χ3v) is 8.65. The van der Waals surface area contributed by atoms with Crippen LogP contribution in [0.5, 0.6) is 0 Å². The molecule has 8 unspecified atom stereocenters. The minimum absolute atomic E-state index is 0.0912. The van der Waals surface area contributed by atoms with Crippen LogP contribution in [0.2, 0.25) is 0 Å². The van der Waals surface area contributed by atoms with E-state index in [9.17, 15) is 4.79 Å². The predicted molar refractivity (Wildman–Crippen MR) is 133 cm³/mol. The van der Waals surface area contributed by atoms with Crippen molar-refractivity contribution in [3.8, 4) is 0 Å². The summed E-state index contributed by atoms with van der Waals surface area (Å²) in [6.45, 7) is 12.4. The number of carbonyl (C=O) groups is 1. The number of carbonyl (C=O) groups excluding carboxylic acids is 1. The van der Waals surface area contributed by atoms with Crippen molar-refractivity contribution in [1.82, 2.24) is 37.0 Å². The Hall–Kier alpha value is -0.770. The van der Waals surface area contributed by atoms with E-state index in [1.165, 1.54) is 25.8 Å². The van der Waals surface area contributed by atoms with Crippen molar-refractivity contribution >= 4 is 5.91 Å². The molecule has 4 fully saturated rings. The maximum Gasteiger partial charge on any atom is 0.239 e. The van der Waals surface area contributed by atoms with Gasteiger partial charge >= 0.3 is 0 Å². The highest BCUT2D eigenvalue weighted by molar-refractivity contribution is 5.82. The number of amides is 1. The van der Waals surface area contributed by atoms with Gasteiger partial charge in [-0.15, -0.1) is 0 Å². The molecule has 3 heterocycles. The van der Waals surface area contributed by atoms with Crippen LogP contribution in [0.1, 0.15) is 72.6 Å². The van der Waals surface area contributed by atoms with Gasteiger partial charge in [0.15, 0.2) is 0 Å². The highest BCUT2D eigenvalue weighted by atomic mass is 16.2. The van der Waals surface area contributed by atoms with Crippen molar-refractivity contribution in [3.05, 3.63) is 0 Å². The van der Waals surface area contributed by atoms with E-state index >= 15 is 0 Å². The van der Waals surface area contributed by atoms with Crippen molar-refractivity contribution in [2.75, 3.05) is 26.7 Å². The van der Waals surface area contributed by atoms with Crippen LogP contribution in [-0.4, -0.2) is 74.1 Å². The molecular weight excluding hydrogens is 414 g/mol. The topological polar surface area (TPSA) is 92.5 Å². The molecule has 8 atom stereocenters.